The molecule has 0 fully saturated rings. The van der Waals surface area contributed by atoms with Gasteiger partial charge in [-0.3, -0.25) is 14.9 Å². The van der Waals surface area contributed by atoms with Gasteiger partial charge >= 0.3 is 6.09 Å². The zero-order chi connectivity index (χ0) is 31.0. The minimum Gasteiger partial charge on any atom is -0.512 e. The molecule has 3 aromatic carbocycles. The van der Waals surface area contributed by atoms with Gasteiger partial charge in [0, 0.05) is 31.1 Å². The maximum Gasteiger partial charge on any atom is 0.407 e. The van der Waals surface area contributed by atoms with Crippen molar-refractivity contribution in [3.05, 3.63) is 98.8 Å². The molecule has 1 heterocycles. The zero-order valence-corrected chi connectivity index (χ0v) is 25.1. The Kier molecular flexibility index (Phi) is 7.98. The van der Waals surface area contributed by atoms with Crippen molar-refractivity contribution in [2.45, 2.75) is 37.9 Å². The minimum absolute atomic E-state index is 0.0706. The summed E-state index contributed by atoms with van der Waals surface area (Å²) in [5, 5.41) is 25.0. The lowest BCUT2D eigenvalue weighted by atomic mass is 9.75. The molecule has 0 saturated carbocycles. The lowest BCUT2D eigenvalue weighted by Gasteiger charge is -2.32. The van der Waals surface area contributed by atoms with E-state index in [-0.39, 0.29) is 78.6 Å². The second-order valence-electron chi connectivity index (χ2n) is 11.8. The first-order chi connectivity index (χ1) is 21.1. The smallest absolute Gasteiger partial charge is 0.407 e. The number of benzene rings is 3. The van der Waals surface area contributed by atoms with E-state index in [1.165, 1.54) is 23.9 Å². The third-order valence-corrected chi connectivity index (χ3v) is 9.42. The number of aliphatic hydroxyl groups excluding tert-OH is 1. The Hall–Kier alpha value is -4.51. The van der Waals surface area contributed by atoms with E-state index in [0.717, 1.165) is 22.3 Å². The van der Waals surface area contributed by atoms with Crippen LogP contribution in [0.2, 0.25) is 0 Å². The van der Waals surface area contributed by atoms with Crippen molar-refractivity contribution in [2.75, 3.05) is 25.7 Å². The van der Waals surface area contributed by atoms with Gasteiger partial charge in [0.15, 0.2) is 17.3 Å². The Morgan fingerprint density at radius 2 is 1.73 bits per heavy atom. The highest BCUT2D eigenvalue weighted by atomic mass is 32.2. The van der Waals surface area contributed by atoms with Crippen LogP contribution in [0, 0.1) is 15.5 Å². The van der Waals surface area contributed by atoms with E-state index in [4.69, 9.17) is 14.2 Å². The van der Waals surface area contributed by atoms with Gasteiger partial charge in [0.2, 0.25) is 6.79 Å². The molecule has 11 heteroatoms. The molecule has 0 aromatic heterocycles. The lowest BCUT2D eigenvalue weighted by Crippen LogP contribution is -2.30. The monoisotopic (exact) mass is 616 g/mol. The number of allylic oxidation sites excluding steroid dienone is 1. The number of amides is 1. The summed E-state index contributed by atoms with van der Waals surface area (Å²) < 4.78 is 16.4. The van der Waals surface area contributed by atoms with Gasteiger partial charge in [0.1, 0.15) is 12.4 Å². The first-order valence-electron chi connectivity index (χ1n) is 14.4. The topological polar surface area (TPSA) is 137 Å². The van der Waals surface area contributed by atoms with Crippen LogP contribution >= 0.6 is 11.8 Å². The molecule has 3 aromatic rings. The summed E-state index contributed by atoms with van der Waals surface area (Å²) >= 11 is 1.22. The van der Waals surface area contributed by atoms with Gasteiger partial charge in [0.25, 0.3) is 5.69 Å². The molecule has 2 aliphatic carbocycles. The number of nitro benzene ring substituents is 1. The summed E-state index contributed by atoms with van der Waals surface area (Å²) in [5.41, 5.74) is 4.17. The Morgan fingerprint density at radius 3 is 2.36 bits per heavy atom. The molecule has 228 valence electrons. The highest BCUT2D eigenvalue weighted by Gasteiger charge is 2.40. The number of carbonyl (C=O) groups is 2. The summed E-state index contributed by atoms with van der Waals surface area (Å²) in [6.45, 7) is 4.05. The van der Waals surface area contributed by atoms with E-state index >= 15 is 0 Å². The van der Waals surface area contributed by atoms with Crippen LogP contribution in [0.15, 0.2) is 72.0 Å². The molecule has 1 unspecified atom stereocenters. The van der Waals surface area contributed by atoms with Crippen LogP contribution in [-0.2, 0) is 9.53 Å². The fourth-order valence-corrected chi connectivity index (χ4v) is 7.48. The van der Waals surface area contributed by atoms with Crippen molar-refractivity contribution in [3.8, 4) is 22.6 Å². The third-order valence-electron chi connectivity index (χ3n) is 8.16. The number of fused-ring (bicyclic) bond motifs is 4. The minimum atomic E-state index is -0.863. The maximum absolute atomic E-state index is 13.3. The van der Waals surface area contributed by atoms with E-state index in [9.17, 15) is 24.8 Å². The molecule has 3 aliphatic rings. The maximum atomic E-state index is 13.3. The molecule has 2 N–H and O–H groups in total. The largest absolute Gasteiger partial charge is 0.512 e. The summed E-state index contributed by atoms with van der Waals surface area (Å²) in [7, 11) is 0. The fourth-order valence-electron chi connectivity index (χ4n) is 6.22. The number of thioether (sulfide) groups is 1. The number of carbonyl (C=O) groups excluding carboxylic acids is 2. The van der Waals surface area contributed by atoms with E-state index in [1.807, 2.05) is 50.2 Å². The zero-order valence-electron chi connectivity index (χ0n) is 24.3. The van der Waals surface area contributed by atoms with Gasteiger partial charge in [-0.2, -0.15) is 0 Å². The molecule has 0 bridgehead atoms. The number of hydrogen-bond acceptors (Lipinski definition) is 9. The Labute approximate surface area is 258 Å². The number of nitro groups is 1. The Balaban J connectivity index is 1.16. The molecule has 0 saturated heterocycles. The fraction of sp³-hybridized carbons (Fsp3) is 0.333. The number of ketones is 1. The summed E-state index contributed by atoms with van der Waals surface area (Å²) in [5.74, 6) is 0.434. The number of hydrogen-bond donors (Lipinski definition) is 2. The van der Waals surface area contributed by atoms with Crippen LogP contribution in [0.1, 0.15) is 54.5 Å². The lowest BCUT2D eigenvalue weighted by molar-refractivity contribution is -0.385. The molecular formula is C33H32N2O8S. The molecule has 1 amide bonds. The van der Waals surface area contributed by atoms with Crippen LogP contribution in [-0.4, -0.2) is 47.6 Å². The summed E-state index contributed by atoms with van der Waals surface area (Å²) in [4.78, 5) is 37.6. The van der Waals surface area contributed by atoms with E-state index in [2.05, 4.69) is 17.4 Å². The average molecular weight is 617 g/mol. The molecule has 1 atom stereocenters. The van der Waals surface area contributed by atoms with Gasteiger partial charge in [-0.05, 0) is 33.7 Å². The van der Waals surface area contributed by atoms with Gasteiger partial charge < -0.3 is 24.6 Å². The first kappa shape index (κ1) is 29.6. The number of Topliss-reactive ketones (excluding diaryl/α,β-unsaturated/α-hetero) is 1. The number of nitrogens with one attached hydrogen (secondary N) is 1. The van der Waals surface area contributed by atoms with E-state index in [1.54, 1.807) is 0 Å². The van der Waals surface area contributed by atoms with Crippen molar-refractivity contribution in [3.63, 3.8) is 0 Å². The first-order valence-corrected chi connectivity index (χ1v) is 15.4. The molecule has 10 nitrogen and oxygen atoms in total. The van der Waals surface area contributed by atoms with Crippen LogP contribution in [0.25, 0.3) is 11.1 Å². The van der Waals surface area contributed by atoms with Crippen LogP contribution in [0.4, 0.5) is 10.5 Å². The highest BCUT2D eigenvalue weighted by molar-refractivity contribution is 7.99. The number of aliphatic hydroxyl groups is 1. The molecular weight excluding hydrogens is 584 g/mol. The highest BCUT2D eigenvalue weighted by Crippen LogP contribution is 2.50. The number of rotatable bonds is 9. The summed E-state index contributed by atoms with van der Waals surface area (Å²) in [6.07, 6.45) is -0.128. The third kappa shape index (κ3) is 5.71. The normalized spacial score (nSPS) is 17.2. The van der Waals surface area contributed by atoms with E-state index < -0.39 is 21.7 Å². The van der Waals surface area contributed by atoms with Crippen molar-refractivity contribution in [1.82, 2.24) is 5.32 Å². The van der Waals surface area contributed by atoms with Gasteiger partial charge in [0.05, 0.1) is 27.4 Å². The second kappa shape index (κ2) is 11.9. The van der Waals surface area contributed by atoms with Gasteiger partial charge in [-0.1, -0.05) is 62.4 Å². The molecule has 0 radical (unpaired) electrons. The van der Waals surface area contributed by atoms with Crippen molar-refractivity contribution >= 4 is 29.3 Å². The molecule has 1 aliphatic heterocycles. The quantitative estimate of drug-likeness (QED) is 0.150. The van der Waals surface area contributed by atoms with Crippen LogP contribution in [0.3, 0.4) is 0 Å². The Morgan fingerprint density at radius 1 is 1.09 bits per heavy atom. The SMILES string of the molecule is CC1(C)CC(=O)C(C(SCCNC(=O)OCC2c3ccccc3-c3ccccc32)c2cc3c(cc2[N+](=O)[O-])OCO3)=C(O)C1. The summed E-state index contributed by atoms with van der Waals surface area (Å²) in [6, 6.07) is 19.0. The standard InChI is InChI=1S/C33H32N2O8S/c1-33(2)15-26(36)30(27(37)16-33)31(23-13-28-29(43-18-42-28)14-25(23)35(39)40)44-12-11-34-32(38)41-17-24-21-9-5-3-7-19(21)20-8-4-6-10-22(20)24/h3-10,13-14,24,31,36H,11-12,15-18H2,1-2H3,(H,34,38). The molecule has 44 heavy (non-hydrogen) atoms. The van der Waals surface area contributed by atoms with Gasteiger partial charge in [-0.25, -0.2) is 4.79 Å². The van der Waals surface area contributed by atoms with Crippen LogP contribution < -0.4 is 14.8 Å². The molecule has 6 rings (SSSR count). The second-order valence-corrected chi connectivity index (χ2v) is 13.0. The van der Waals surface area contributed by atoms with Crippen molar-refractivity contribution in [1.29, 1.82) is 0 Å². The number of alkyl carbamates (subject to hydrolysis) is 1. The predicted octanol–water partition coefficient (Wildman–Crippen LogP) is 6.84. The van der Waals surface area contributed by atoms with Crippen molar-refractivity contribution < 1.29 is 33.8 Å². The number of nitrogens with zero attached hydrogens (tertiary/aromatic N) is 1. The Bertz CT molecular complexity index is 1640. The molecule has 0 spiro atoms. The van der Waals surface area contributed by atoms with Crippen LogP contribution in [0.5, 0.6) is 11.5 Å². The predicted molar refractivity (Wildman–Crippen MR) is 165 cm³/mol. The van der Waals surface area contributed by atoms with E-state index in [0.29, 0.717) is 5.75 Å². The average Bonchev–Trinajstić information content (AvgIpc) is 3.57. The number of ether oxygens (including phenoxy) is 3. The van der Waals surface area contributed by atoms with Crippen molar-refractivity contribution in [2.24, 2.45) is 5.41 Å². The van der Waals surface area contributed by atoms with Gasteiger partial charge in [-0.15, -0.1) is 11.8 Å².